The summed E-state index contributed by atoms with van der Waals surface area (Å²) in [5.74, 6) is -9.61. The van der Waals surface area contributed by atoms with Crippen LogP contribution in [-0.4, -0.2) is 154 Å². The van der Waals surface area contributed by atoms with Crippen LogP contribution in [0.4, 0.5) is 0 Å². The van der Waals surface area contributed by atoms with Crippen molar-refractivity contribution in [3.63, 3.8) is 0 Å². The molecule has 0 rings (SSSR count). The van der Waals surface area contributed by atoms with Gasteiger partial charge in [0.15, 0.2) is 5.96 Å². The quantitative estimate of drug-likeness (QED) is 0.0138. The van der Waals surface area contributed by atoms with Gasteiger partial charge in [-0.1, -0.05) is 54.4 Å². The van der Waals surface area contributed by atoms with Gasteiger partial charge in [-0.2, -0.15) is 37.9 Å². The fourth-order valence-electron chi connectivity index (χ4n) is 5.82. The third-order valence-electron chi connectivity index (χ3n) is 10.2. The number of nitrogens with one attached hydrogen (secondary N) is 8. The normalized spacial score (nSPS) is 16.2. The topological polar surface area (TPSA) is 381 Å². The number of aliphatic hydroxyl groups is 1. The number of carboxylic acid groups (broad SMARTS) is 1. The van der Waals surface area contributed by atoms with E-state index in [1.165, 1.54) is 6.92 Å². The van der Waals surface area contributed by atoms with E-state index in [-0.39, 0.29) is 48.5 Å². The van der Waals surface area contributed by atoms with E-state index in [9.17, 15) is 53.4 Å². The molecule has 16 N–H and O–H groups in total. The number of hydrogen-bond donors (Lipinski definition) is 16. The highest BCUT2D eigenvalue weighted by Gasteiger charge is 2.36. The summed E-state index contributed by atoms with van der Waals surface area (Å²) in [6, 6.07) is -10.2. The number of nitrogens with zero attached hydrogens (tertiary/aromatic N) is 1. The Morgan fingerprint density at radius 1 is 0.585 bits per heavy atom. The van der Waals surface area contributed by atoms with Crippen molar-refractivity contribution in [1.29, 1.82) is 0 Å². The van der Waals surface area contributed by atoms with Gasteiger partial charge in [0, 0.05) is 23.8 Å². The van der Waals surface area contributed by atoms with Gasteiger partial charge >= 0.3 is 5.97 Å². The van der Waals surface area contributed by atoms with Crippen molar-refractivity contribution >= 4 is 97.1 Å². The number of aliphatic hydroxyl groups excluding tert-OH is 1. The minimum absolute atomic E-state index is 0.0567. The van der Waals surface area contributed by atoms with Gasteiger partial charge in [0.2, 0.25) is 47.3 Å². The van der Waals surface area contributed by atoms with E-state index in [4.69, 9.17) is 17.2 Å². The number of carbonyl (C=O) groups excluding carboxylic acids is 8. The number of aliphatic imine (C=N–C) groups is 1. The Bertz CT molecular complexity index is 1640. The molecular weight excluding hydrogens is 909 g/mol. The smallest absolute Gasteiger partial charge is 0.327 e. The fraction of sp³-hybridized carbons (Fsp3) is 0.744. The molecular formula is C39H72N12O11S3. The van der Waals surface area contributed by atoms with Crippen molar-refractivity contribution in [3.05, 3.63) is 0 Å². The van der Waals surface area contributed by atoms with Crippen LogP contribution in [0.1, 0.15) is 80.6 Å². The van der Waals surface area contributed by atoms with E-state index in [0.29, 0.717) is 19.3 Å². The zero-order valence-corrected chi connectivity index (χ0v) is 40.8. The predicted molar refractivity (Wildman–Crippen MR) is 254 cm³/mol. The lowest BCUT2D eigenvalue weighted by molar-refractivity contribution is -0.141. The van der Waals surface area contributed by atoms with Gasteiger partial charge in [0.25, 0.3) is 0 Å². The number of thiol groups is 3. The molecule has 0 fully saturated rings. The van der Waals surface area contributed by atoms with Crippen LogP contribution < -0.4 is 59.7 Å². The summed E-state index contributed by atoms with van der Waals surface area (Å²) in [4.78, 5) is 121. The average Bonchev–Trinajstić information content (AvgIpc) is 3.25. The van der Waals surface area contributed by atoms with Gasteiger partial charge in [0.1, 0.15) is 42.3 Å². The molecule has 0 radical (unpaired) electrons. The van der Waals surface area contributed by atoms with E-state index < -0.39 is 126 Å². The monoisotopic (exact) mass is 980 g/mol. The highest BCUT2D eigenvalue weighted by atomic mass is 32.1. The Morgan fingerprint density at radius 3 is 1.45 bits per heavy atom. The molecule has 0 bridgehead atoms. The number of carbonyl (C=O) groups is 9. The maximum Gasteiger partial charge on any atom is 0.327 e. The van der Waals surface area contributed by atoms with E-state index >= 15 is 0 Å². The van der Waals surface area contributed by atoms with Crippen LogP contribution in [-0.2, 0) is 43.2 Å². The van der Waals surface area contributed by atoms with Gasteiger partial charge in [0.05, 0.1) is 18.7 Å². The van der Waals surface area contributed by atoms with Gasteiger partial charge < -0.3 is 69.9 Å². The minimum atomic E-state index is -1.66. The Kier molecular flexibility index (Phi) is 29.2. The molecule has 0 aromatic carbocycles. The number of amides is 8. The van der Waals surface area contributed by atoms with E-state index in [1.54, 1.807) is 41.5 Å². The minimum Gasteiger partial charge on any atom is -0.480 e. The molecule has 0 spiro atoms. The summed E-state index contributed by atoms with van der Waals surface area (Å²) < 4.78 is 0. The molecule has 0 aliphatic rings. The number of aliphatic carboxylic acids is 1. The first kappa shape index (κ1) is 60.5. The summed E-state index contributed by atoms with van der Waals surface area (Å²) in [7, 11) is 0. The van der Waals surface area contributed by atoms with Crippen LogP contribution in [0, 0.1) is 17.8 Å². The molecule has 26 heteroatoms. The number of hydrogen-bond acceptors (Lipinski definition) is 15. The maximum absolute atomic E-state index is 13.7. The van der Waals surface area contributed by atoms with Crippen LogP contribution in [0.15, 0.2) is 4.99 Å². The molecule has 8 amide bonds. The third kappa shape index (κ3) is 22.5. The molecule has 11 atom stereocenters. The van der Waals surface area contributed by atoms with Gasteiger partial charge in [-0.15, -0.1) is 0 Å². The molecule has 0 heterocycles. The Balaban J connectivity index is 5.91. The largest absolute Gasteiger partial charge is 0.480 e. The summed E-state index contributed by atoms with van der Waals surface area (Å²) in [5, 5.41) is 39.7. The second-order valence-corrected chi connectivity index (χ2v) is 17.2. The number of rotatable bonds is 31. The zero-order valence-electron chi connectivity index (χ0n) is 38.1. The molecule has 65 heavy (non-hydrogen) atoms. The van der Waals surface area contributed by atoms with E-state index in [0.717, 1.165) is 0 Å². The Morgan fingerprint density at radius 2 is 1.02 bits per heavy atom. The molecule has 0 aliphatic heterocycles. The highest BCUT2D eigenvalue weighted by Crippen LogP contribution is 2.12. The molecule has 0 aromatic rings. The SMILES string of the molecule is CC[C@H](C)[C@H](NC(=O)CNC(=O)[C@H](CC(C)C)NC(=O)[C@@H](NC(=O)[C@H](CS)NC(=O)[C@@H](NC(=O)[C@H](CS)NC(=O)[C@@H](N)CCCN=C(N)N)[C@@H](C)CC)[C@@H](C)O)C(=O)N[C@@H](CS)C(=O)O. The second kappa shape index (κ2) is 31.4. The van der Waals surface area contributed by atoms with Crippen molar-refractivity contribution in [2.75, 3.05) is 30.3 Å². The fourth-order valence-corrected chi connectivity index (χ4v) is 6.58. The number of guanidine groups is 1. The number of nitrogens with two attached hydrogens (primary N) is 3. The second-order valence-electron chi connectivity index (χ2n) is 16.1. The maximum atomic E-state index is 13.7. The van der Waals surface area contributed by atoms with Crippen LogP contribution in [0.2, 0.25) is 0 Å². The molecule has 0 saturated carbocycles. The van der Waals surface area contributed by atoms with E-state index in [1.807, 2.05) is 0 Å². The molecule has 372 valence electrons. The Labute approximate surface area is 396 Å². The number of carboxylic acids is 1. The van der Waals surface area contributed by atoms with Crippen molar-refractivity contribution in [2.45, 2.75) is 135 Å². The first-order valence-electron chi connectivity index (χ1n) is 21.3. The molecule has 0 aliphatic carbocycles. The van der Waals surface area contributed by atoms with Crippen molar-refractivity contribution in [2.24, 2.45) is 39.9 Å². The summed E-state index contributed by atoms with van der Waals surface area (Å²) in [6.45, 7) is 11.2. The van der Waals surface area contributed by atoms with Gasteiger partial charge in [-0.05, 0) is 43.9 Å². The molecule has 0 saturated heterocycles. The summed E-state index contributed by atoms with van der Waals surface area (Å²) in [6.07, 6.45) is -0.0311. The summed E-state index contributed by atoms with van der Waals surface area (Å²) in [5.41, 5.74) is 16.6. The lowest BCUT2D eigenvalue weighted by Gasteiger charge is -2.29. The molecule has 0 aromatic heterocycles. The van der Waals surface area contributed by atoms with Gasteiger partial charge in [-0.3, -0.25) is 43.3 Å². The first-order valence-corrected chi connectivity index (χ1v) is 23.2. The zero-order chi connectivity index (χ0) is 50.1. The predicted octanol–water partition coefficient (Wildman–Crippen LogP) is -3.73. The lowest BCUT2D eigenvalue weighted by atomic mass is 9.97. The summed E-state index contributed by atoms with van der Waals surface area (Å²) >= 11 is 12.3. The van der Waals surface area contributed by atoms with Crippen LogP contribution >= 0.6 is 37.9 Å². The lowest BCUT2D eigenvalue weighted by Crippen LogP contribution is -2.62. The van der Waals surface area contributed by atoms with Crippen LogP contribution in [0.25, 0.3) is 0 Å². The first-order chi connectivity index (χ1) is 30.4. The van der Waals surface area contributed by atoms with Gasteiger partial charge in [-0.25, -0.2) is 4.79 Å². The van der Waals surface area contributed by atoms with Crippen molar-refractivity contribution in [1.82, 2.24) is 42.5 Å². The Hall–Kier alpha value is -4.53. The van der Waals surface area contributed by atoms with Crippen molar-refractivity contribution < 1.29 is 53.4 Å². The molecule has 0 unspecified atom stereocenters. The highest BCUT2D eigenvalue weighted by molar-refractivity contribution is 7.80. The molecule has 23 nitrogen and oxygen atoms in total. The average molecular weight is 981 g/mol. The van der Waals surface area contributed by atoms with Crippen LogP contribution in [0.5, 0.6) is 0 Å². The standard InChI is InChI=1S/C39H72N12O11S3/c1-8-19(5)28(35(58)48-26(17-65)38(61)62)49-27(53)14-44-32(55)23(13-18(3)4)45-37(60)30(21(7)52)51-34(57)25(16-64)47-36(59)29(20(6)9-2)50-33(56)24(15-63)46-31(54)22(40)11-10-12-43-39(41)42/h18-26,28-30,52,63-65H,8-17,40H2,1-7H3,(H,44,55)(H,45,60)(H,46,54)(H,47,59)(H,48,58)(H,49,53)(H,50,56)(H,51,57)(H,61,62)(H4,41,42,43)/t19-,20-,21+,22-,23-,24-,25-,26-,28-,29-,30-/m0/s1. The van der Waals surface area contributed by atoms with Crippen LogP contribution in [0.3, 0.4) is 0 Å². The van der Waals surface area contributed by atoms with E-state index in [2.05, 4.69) is 85.4 Å². The van der Waals surface area contributed by atoms with Crippen molar-refractivity contribution in [3.8, 4) is 0 Å². The third-order valence-corrected chi connectivity index (χ3v) is 11.3.